The van der Waals surface area contributed by atoms with Crippen molar-refractivity contribution < 1.29 is 0 Å². The molecule has 0 unspecified atom stereocenters. The summed E-state index contributed by atoms with van der Waals surface area (Å²) in [7, 11) is 0. The summed E-state index contributed by atoms with van der Waals surface area (Å²) in [5.74, 6) is 0. The van der Waals surface area contributed by atoms with Gasteiger partial charge in [0, 0.05) is 6.54 Å². The van der Waals surface area contributed by atoms with E-state index in [1.54, 1.807) is 0 Å². The van der Waals surface area contributed by atoms with Gasteiger partial charge in [-0.15, -0.1) is 0 Å². The molecule has 1 fully saturated rings. The van der Waals surface area contributed by atoms with E-state index in [0.29, 0.717) is 0 Å². The van der Waals surface area contributed by atoms with Crippen LogP contribution < -0.4 is 0 Å². The first-order valence-corrected chi connectivity index (χ1v) is 4.60. The van der Waals surface area contributed by atoms with E-state index in [9.17, 15) is 0 Å². The van der Waals surface area contributed by atoms with Crippen molar-refractivity contribution in [3.63, 3.8) is 0 Å². The van der Waals surface area contributed by atoms with Crippen molar-refractivity contribution in [3.8, 4) is 6.07 Å². The van der Waals surface area contributed by atoms with Gasteiger partial charge in [-0.05, 0) is 37.2 Å². The van der Waals surface area contributed by atoms with E-state index in [1.807, 2.05) is 24.3 Å². The van der Waals surface area contributed by atoms with Crippen LogP contribution in [0.5, 0.6) is 0 Å². The molecule has 0 N–H and O–H groups in total. The number of benzene rings is 1. The molecule has 2 nitrogen and oxygen atoms in total. The van der Waals surface area contributed by atoms with E-state index in [4.69, 9.17) is 5.26 Å². The fraction of sp³-hybridized carbons (Fsp3) is 0.364. The van der Waals surface area contributed by atoms with E-state index in [2.05, 4.69) is 11.0 Å². The summed E-state index contributed by atoms with van der Waals surface area (Å²) < 4.78 is 0. The van der Waals surface area contributed by atoms with Crippen LogP contribution in [0.3, 0.4) is 0 Å². The molecule has 0 aromatic heterocycles. The Balaban J connectivity index is 2.01. The van der Waals surface area contributed by atoms with Crippen molar-refractivity contribution in [1.82, 2.24) is 4.90 Å². The van der Waals surface area contributed by atoms with E-state index in [-0.39, 0.29) is 0 Å². The van der Waals surface area contributed by atoms with Gasteiger partial charge in [0.1, 0.15) is 0 Å². The summed E-state index contributed by atoms with van der Waals surface area (Å²) in [4.78, 5) is 2.40. The van der Waals surface area contributed by atoms with Gasteiger partial charge in [-0.2, -0.15) is 5.26 Å². The van der Waals surface area contributed by atoms with Crippen LogP contribution in [-0.2, 0) is 6.54 Å². The molecule has 13 heavy (non-hydrogen) atoms. The number of hydrogen-bond acceptors (Lipinski definition) is 2. The molecule has 2 heteroatoms. The molecular weight excluding hydrogens is 160 g/mol. The maximum Gasteiger partial charge on any atom is 0.0991 e. The van der Waals surface area contributed by atoms with Gasteiger partial charge in [0.05, 0.1) is 11.6 Å². The Labute approximate surface area is 78.4 Å². The van der Waals surface area contributed by atoms with Crippen LogP contribution in [0.2, 0.25) is 0 Å². The van der Waals surface area contributed by atoms with Crippen molar-refractivity contribution in [1.29, 1.82) is 5.26 Å². The summed E-state index contributed by atoms with van der Waals surface area (Å²) in [5, 5.41) is 8.61. The zero-order chi connectivity index (χ0) is 9.10. The van der Waals surface area contributed by atoms with Crippen molar-refractivity contribution in [2.75, 3.05) is 13.1 Å². The normalized spacial score (nSPS) is 16.2. The van der Waals surface area contributed by atoms with Crippen molar-refractivity contribution in [3.05, 3.63) is 35.4 Å². The Kier molecular flexibility index (Phi) is 2.29. The topological polar surface area (TPSA) is 27.0 Å². The number of nitriles is 1. The van der Waals surface area contributed by atoms with Crippen LogP contribution in [0, 0.1) is 11.3 Å². The molecular formula is C11H12N2. The van der Waals surface area contributed by atoms with Crippen molar-refractivity contribution >= 4 is 0 Å². The standard InChI is InChI=1S/C11H12N2/c12-8-10-2-4-11(5-3-10)9-13-6-1-7-13/h2-5H,1,6-7,9H2. The molecule has 0 bridgehead atoms. The highest BCUT2D eigenvalue weighted by atomic mass is 15.2. The van der Waals surface area contributed by atoms with Crippen LogP contribution in [0.15, 0.2) is 24.3 Å². The molecule has 1 saturated heterocycles. The minimum absolute atomic E-state index is 0.743. The predicted molar refractivity (Wildman–Crippen MR) is 51.1 cm³/mol. The predicted octanol–water partition coefficient (Wildman–Crippen LogP) is 1.76. The minimum atomic E-state index is 0.743. The molecule has 1 aromatic rings. The van der Waals surface area contributed by atoms with Crippen molar-refractivity contribution in [2.24, 2.45) is 0 Å². The number of rotatable bonds is 2. The second-order valence-electron chi connectivity index (χ2n) is 3.44. The van der Waals surface area contributed by atoms with E-state index in [1.165, 1.54) is 25.1 Å². The van der Waals surface area contributed by atoms with Crippen LogP contribution in [-0.4, -0.2) is 18.0 Å². The second kappa shape index (κ2) is 3.59. The monoisotopic (exact) mass is 172 g/mol. The molecule has 0 saturated carbocycles. The highest BCUT2D eigenvalue weighted by Gasteiger charge is 2.13. The summed E-state index contributed by atoms with van der Waals surface area (Å²) >= 11 is 0. The van der Waals surface area contributed by atoms with Gasteiger partial charge in [0.2, 0.25) is 0 Å². The third-order valence-electron chi connectivity index (χ3n) is 2.44. The van der Waals surface area contributed by atoms with Crippen LogP contribution >= 0.6 is 0 Å². The molecule has 1 aromatic carbocycles. The molecule has 0 amide bonds. The second-order valence-corrected chi connectivity index (χ2v) is 3.44. The Morgan fingerprint density at radius 1 is 1.23 bits per heavy atom. The van der Waals surface area contributed by atoms with E-state index >= 15 is 0 Å². The van der Waals surface area contributed by atoms with Gasteiger partial charge in [-0.3, -0.25) is 4.90 Å². The zero-order valence-electron chi connectivity index (χ0n) is 7.53. The number of nitrogens with zero attached hydrogens (tertiary/aromatic N) is 2. The smallest absolute Gasteiger partial charge is 0.0991 e. The van der Waals surface area contributed by atoms with Gasteiger partial charge >= 0.3 is 0 Å². The van der Waals surface area contributed by atoms with Crippen LogP contribution in [0.1, 0.15) is 17.5 Å². The lowest BCUT2D eigenvalue weighted by atomic mass is 10.1. The average Bonchev–Trinajstić information content (AvgIpc) is 2.12. The summed E-state index contributed by atoms with van der Waals surface area (Å²) in [6.45, 7) is 3.48. The molecule has 0 spiro atoms. The average molecular weight is 172 g/mol. The van der Waals surface area contributed by atoms with Gasteiger partial charge in [0.25, 0.3) is 0 Å². The first-order valence-electron chi connectivity index (χ1n) is 4.60. The number of hydrogen-bond donors (Lipinski definition) is 0. The maximum atomic E-state index is 8.61. The van der Waals surface area contributed by atoms with Crippen LogP contribution in [0.4, 0.5) is 0 Å². The molecule has 0 atom stereocenters. The fourth-order valence-electron chi connectivity index (χ4n) is 1.48. The lowest BCUT2D eigenvalue weighted by molar-refractivity contribution is 0.172. The largest absolute Gasteiger partial charge is 0.299 e. The summed E-state index contributed by atoms with van der Waals surface area (Å²) in [6, 6.07) is 9.97. The Bertz CT molecular complexity index is 317. The first kappa shape index (κ1) is 8.28. The van der Waals surface area contributed by atoms with Gasteiger partial charge in [0.15, 0.2) is 0 Å². The molecule has 66 valence electrons. The fourth-order valence-corrected chi connectivity index (χ4v) is 1.48. The van der Waals surface area contributed by atoms with Gasteiger partial charge in [-0.1, -0.05) is 12.1 Å². The number of likely N-dealkylation sites (tertiary alicyclic amines) is 1. The quantitative estimate of drug-likeness (QED) is 0.679. The summed E-state index contributed by atoms with van der Waals surface area (Å²) in [5.41, 5.74) is 2.05. The van der Waals surface area contributed by atoms with E-state index in [0.717, 1.165) is 12.1 Å². The molecule has 2 rings (SSSR count). The summed E-state index contributed by atoms with van der Waals surface area (Å²) in [6.07, 6.45) is 1.33. The molecule has 0 radical (unpaired) electrons. The Morgan fingerprint density at radius 2 is 1.92 bits per heavy atom. The third kappa shape index (κ3) is 1.88. The maximum absolute atomic E-state index is 8.61. The van der Waals surface area contributed by atoms with Crippen molar-refractivity contribution in [2.45, 2.75) is 13.0 Å². The third-order valence-corrected chi connectivity index (χ3v) is 2.44. The first-order chi connectivity index (χ1) is 6.38. The Hall–Kier alpha value is -1.33. The highest BCUT2D eigenvalue weighted by molar-refractivity contribution is 5.31. The molecule has 1 heterocycles. The molecule has 0 aliphatic carbocycles. The highest BCUT2D eigenvalue weighted by Crippen LogP contribution is 2.12. The Morgan fingerprint density at radius 3 is 2.38 bits per heavy atom. The van der Waals surface area contributed by atoms with Gasteiger partial charge < -0.3 is 0 Å². The van der Waals surface area contributed by atoms with E-state index < -0.39 is 0 Å². The van der Waals surface area contributed by atoms with Gasteiger partial charge in [-0.25, -0.2) is 0 Å². The minimum Gasteiger partial charge on any atom is -0.299 e. The zero-order valence-corrected chi connectivity index (χ0v) is 7.53. The SMILES string of the molecule is N#Cc1ccc(CN2CCC2)cc1. The van der Waals surface area contributed by atoms with Crippen LogP contribution in [0.25, 0.3) is 0 Å². The molecule has 1 aliphatic heterocycles. The molecule has 1 aliphatic rings. The lowest BCUT2D eigenvalue weighted by Crippen LogP contribution is -2.36. The lowest BCUT2D eigenvalue weighted by Gasteiger charge is -2.30.